The van der Waals surface area contributed by atoms with Crippen LogP contribution < -0.4 is 0 Å². The predicted octanol–water partition coefficient (Wildman–Crippen LogP) is 6.00. The van der Waals surface area contributed by atoms with Crippen molar-refractivity contribution in [3.63, 3.8) is 0 Å². The summed E-state index contributed by atoms with van der Waals surface area (Å²) in [5.74, 6) is 0. The van der Waals surface area contributed by atoms with E-state index < -0.39 is 8.07 Å². The highest BCUT2D eigenvalue weighted by molar-refractivity contribution is 6.80. The lowest BCUT2D eigenvalue weighted by Crippen LogP contribution is -2.35. The van der Waals surface area contributed by atoms with E-state index in [1.54, 1.807) is 49.9 Å². The Balaban J connectivity index is 2.33. The van der Waals surface area contributed by atoms with Gasteiger partial charge in [0.15, 0.2) is 0 Å². The summed E-state index contributed by atoms with van der Waals surface area (Å²) >= 11 is 0. The fourth-order valence-corrected chi connectivity index (χ4v) is 8.93. The molecule has 1 heteroatoms. The second-order valence-corrected chi connectivity index (χ2v) is 11.0. The summed E-state index contributed by atoms with van der Waals surface area (Å²) in [6.07, 6.45) is 13.6. The molecule has 0 aromatic carbocycles. The van der Waals surface area contributed by atoms with Crippen LogP contribution in [-0.2, 0) is 0 Å². The molecule has 0 aliphatic carbocycles. The van der Waals surface area contributed by atoms with Gasteiger partial charge in [-0.05, 0) is 0 Å². The molecule has 16 heavy (non-hydrogen) atoms. The van der Waals surface area contributed by atoms with Gasteiger partial charge in [-0.3, -0.25) is 0 Å². The summed E-state index contributed by atoms with van der Waals surface area (Å²) in [5, 5.41) is 0. The molecule has 0 aromatic heterocycles. The SMILES string of the molecule is CCCCC[Si]1(CCCCC)CCCCC1. The Bertz CT molecular complexity index is 147. The molecule has 96 valence electrons. The van der Waals surface area contributed by atoms with Gasteiger partial charge in [0.05, 0.1) is 8.07 Å². The van der Waals surface area contributed by atoms with Crippen LogP contribution in [0, 0.1) is 0 Å². The zero-order valence-electron chi connectivity index (χ0n) is 11.7. The summed E-state index contributed by atoms with van der Waals surface area (Å²) in [4.78, 5) is 0. The van der Waals surface area contributed by atoms with E-state index in [4.69, 9.17) is 0 Å². The van der Waals surface area contributed by atoms with Gasteiger partial charge in [-0.25, -0.2) is 0 Å². The number of hydrogen-bond donors (Lipinski definition) is 0. The van der Waals surface area contributed by atoms with Crippen molar-refractivity contribution in [2.24, 2.45) is 0 Å². The van der Waals surface area contributed by atoms with Crippen LogP contribution in [-0.4, -0.2) is 8.07 Å². The molecule has 0 nitrogen and oxygen atoms in total. The highest BCUT2D eigenvalue weighted by atomic mass is 28.3. The molecule has 0 spiro atoms. The second-order valence-electron chi connectivity index (χ2n) is 5.97. The first kappa shape index (κ1) is 14.3. The maximum Gasteiger partial charge on any atom is 0.0535 e. The minimum absolute atomic E-state index is 0.757. The largest absolute Gasteiger partial charge is 0.0654 e. The molecule has 0 N–H and O–H groups in total. The second kappa shape index (κ2) is 8.33. The van der Waals surface area contributed by atoms with E-state index in [0.717, 1.165) is 0 Å². The Hall–Kier alpha value is 0.217. The lowest BCUT2D eigenvalue weighted by atomic mass is 10.2. The van der Waals surface area contributed by atoms with Gasteiger partial charge in [0.25, 0.3) is 0 Å². The summed E-state index contributed by atoms with van der Waals surface area (Å²) in [6.45, 7) is 4.68. The molecule has 1 fully saturated rings. The molecule has 1 rings (SSSR count). The Morgan fingerprint density at radius 2 is 1.19 bits per heavy atom. The Morgan fingerprint density at radius 3 is 1.62 bits per heavy atom. The first-order chi connectivity index (χ1) is 7.83. The summed E-state index contributed by atoms with van der Waals surface area (Å²) < 4.78 is 0. The molecule has 0 atom stereocenters. The first-order valence-corrected chi connectivity index (χ1v) is 10.7. The lowest BCUT2D eigenvalue weighted by molar-refractivity contribution is 0.667. The lowest BCUT2D eigenvalue weighted by Gasteiger charge is -2.36. The normalized spacial score (nSPS) is 19.9. The van der Waals surface area contributed by atoms with Gasteiger partial charge in [-0.2, -0.15) is 0 Å². The zero-order chi connectivity index (χ0) is 11.7. The molecular formula is C15H32Si. The van der Waals surface area contributed by atoms with Gasteiger partial charge in [0, 0.05) is 0 Å². The first-order valence-electron chi connectivity index (χ1n) is 7.83. The van der Waals surface area contributed by atoms with Crippen molar-refractivity contribution in [2.45, 2.75) is 95.8 Å². The van der Waals surface area contributed by atoms with Crippen LogP contribution in [0.5, 0.6) is 0 Å². The maximum atomic E-state index is 2.34. The minimum Gasteiger partial charge on any atom is -0.0654 e. The highest BCUT2D eigenvalue weighted by Gasteiger charge is 2.32. The quantitative estimate of drug-likeness (QED) is 0.360. The molecule has 0 amide bonds. The van der Waals surface area contributed by atoms with E-state index in [1.165, 1.54) is 32.1 Å². The molecule has 0 bridgehead atoms. The molecule has 1 heterocycles. The van der Waals surface area contributed by atoms with Crippen molar-refractivity contribution in [1.29, 1.82) is 0 Å². The van der Waals surface area contributed by atoms with Crippen LogP contribution in [0.25, 0.3) is 0 Å². The monoisotopic (exact) mass is 240 g/mol. The van der Waals surface area contributed by atoms with Crippen LogP contribution in [0.3, 0.4) is 0 Å². The molecule has 0 unspecified atom stereocenters. The van der Waals surface area contributed by atoms with E-state index in [2.05, 4.69) is 13.8 Å². The van der Waals surface area contributed by atoms with Gasteiger partial charge >= 0.3 is 0 Å². The van der Waals surface area contributed by atoms with Crippen molar-refractivity contribution in [3.05, 3.63) is 0 Å². The maximum absolute atomic E-state index is 2.34. The number of rotatable bonds is 8. The Labute approximate surface area is 104 Å². The third kappa shape index (κ3) is 5.03. The van der Waals surface area contributed by atoms with E-state index >= 15 is 0 Å². The number of unbranched alkanes of at least 4 members (excludes halogenated alkanes) is 4. The third-order valence-electron chi connectivity index (χ3n) is 4.54. The van der Waals surface area contributed by atoms with Gasteiger partial charge in [-0.15, -0.1) is 0 Å². The summed E-state index contributed by atoms with van der Waals surface area (Å²) in [6, 6.07) is 6.70. The predicted molar refractivity (Wildman–Crippen MR) is 77.9 cm³/mol. The molecule has 0 aromatic rings. The molecule has 1 saturated heterocycles. The van der Waals surface area contributed by atoms with Gasteiger partial charge < -0.3 is 0 Å². The van der Waals surface area contributed by atoms with Crippen LogP contribution in [0.2, 0.25) is 24.2 Å². The molecular weight excluding hydrogens is 208 g/mol. The Kier molecular flexibility index (Phi) is 7.43. The van der Waals surface area contributed by atoms with E-state index in [9.17, 15) is 0 Å². The average Bonchev–Trinajstić information content (AvgIpc) is 2.31. The van der Waals surface area contributed by atoms with E-state index in [1.807, 2.05) is 0 Å². The van der Waals surface area contributed by atoms with Crippen LogP contribution in [0.4, 0.5) is 0 Å². The van der Waals surface area contributed by atoms with E-state index in [-0.39, 0.29) is 0 Å². The fraction of sp³-hybridized carbons (Fsp3) is 1.00. The molecule has 1 aliphatic heterocycles. The van der Waals surface area contributed by atoms with Crippen molar-refractivity contribution >= 4 is 8.07 Å². The smallest absolute Gasteiger partial charge is 0.0535 e. The topological polar surface area (TPSA) is 0 Å². The van der Waals surface area contributed by atoms with Gasteiger partial charge in [-0.1, -0.05) is 95.8 Å². The van der Waals surface area contributed by atoms with E-state index in [0.29, 0.717) is 0 Å². The third-order valence-corrected chi connectivity index (χ3v) is 10.2. The summed E-state index contributed by atoms with van der Waals surface area (Å²) in [7, 11) is -0.757. The molecule has 0 saturated carbocycles. The van der Waals surface area contributed by atoms with Crippen LogP contribution in [0.1, 0.15) is 71.6 Å². The van der Waals surface area contributed by atoms with Crippen molar-refractivity contribution in [2.75, 3.05) is 0 Å². The highest BCUT2D eigenvalue weighted by Crippen LogP contribution is 2.37. The average molecular weight is 241 g/mol. The van der Waals surface area contributed by atoms with Crippen LogP contribution >= 0.6 is 0 Å². The summed E-state index contributed by atoms with van der Waals surface area (Å²) in [5.41, 5.74) is 0. The van der Waals surface area contributed by atoms with Crippen molar-refractivity contribution in [3.8, 4) is 0 Å². The van der Waals surface area contributed by atoms with Crippen molar-refractivity contribution < 1.29 is 0 Å². The molecule has 0 radical (unpaired) electrons. The fourth-order valence-electron chi connectivity index (χ4n) is 3.43. The van der Waals surface area contributed by atoms with Gasteiger partial charge in [0.1, 0.15) is 0 Å². The minimum atomic E-state index is -0.757. The standard InChI is InChI=1S/C15H32Si/c1-3-5-8-12-16(13-9-6-4-2)14-10-7-11-15-16/h3-15H2,1-2H3. The van der Waals surface area contributed by atoms with Crippen molar-refractivity contribution in [1.82, 2.24) is 0 Å². The zero-order valence-corrected chi connectivity index (χ0v) is 12.7. The van der Waals surface area contributed by atoms with Gasteiger partial charge in [0.2, 0.25) is 0 Å². The van der Waals surface area contributed by atoms with Crippen LogP contribution in [0.15, 0.2) is 0 Å². The number of hydrogen-bond acceptors (Lipinski definition) is 0. The Morgan fingerprint density at radius 1 is 0.688 bits per heavy atom. The molecule has 1 aliphatic rings.